The molecule has 114 valence electrons. The van der Waals surface area contributed by atoms with E-state index in [0.717, 1.165) is 17.3 Å². The van der Waals surface area contributed by atoms with Crippen LogP contribution in [0, 0.1) is 23.7 Å². The fourth-order valence-corrected chi connectivity index (χ4v) is 6.52. The molecular formula is C17H24ClN3. The minimum atomic E-state index is 0.214. The van der Waals surface area contributed by atoms with Gasteiger partial charge in [-0.05, 0) is 73.8 Å². The zero-order valence-corrected chi connectivity index (χ0v) is 13.9. The molecule has 4 aliphatic carbocycles. The Hall–Kier alpha value is -0.830. The van der Waals surface area contributed by atoms with Gasteiger partial charge in [-0.1, -0.05) is 13.8 Å². The van der Waals surface area contributed by atoms with E-state index in [0.29, 0.717) is 16.1 Å². The summed E-state index contributed by atoms with van der Waals surface area (Å²) in [5, 5.41) is 4.15. The highest BCUT2D eigenvalue weighted by atomic mass is 35.5. The van der Waals surface area contributed by atoms with Crippen LogP contribution in [0.3, 0.4) is 0 Å². The fourth-order valence-electron chi connectivity index (χ4n) is 6.39. The topological polar surface area (TPSA) is 37.8 Å². The van der Waals surface area contributed by atoms with Crippen LogP contribution in [-0.4, -0.2) is 15.5 Å². The summed E-state index contributed by atoms with van der Waals surface area (Å²) < 4.78 is 0. The predicted octanol–water partition coefficient (Wildman–Crippen LogP) is 4.60. The Bertz CT molecular complexity index is 582. The Kier molecular flexibility index (Phi) is 2.71. The molecule has 4 bridgehead atoms. The first-order valence-corrected chi connectivity index (χ1v) is 8.44. The molecule has 21 heavy (non-hydrogen) atoms. The van der Waals surface area contributed by atoms with Crippen molar-refractivity contribution in [2.75, 3.05) is 5.32 Å². The number of anilines is 1. The average molecular weight is 306 g/mol. The molecule has 0 aromatic carbocycles. The maximum atomic E-state index is 6.00. The van der Waals surface area contributed by atoms with Gasteiger partial charge in [-0.3, -0.25) is 0 Å². The normalized spacial score (nSPS) is 44.1. The van der Waals surface area contributed by atoms with Crippen LogP contribution in [0.25, 0.3) is 0 Å². The van der Waals surface area contributed by atoms with Gasteiger partial charge in [0.1, 0.15) is 5.82 Å². The lowest BCUT2D eigenvalue weighted by atomic mass is 9.43. The second kappa shape index (κ2) is 4.13. The summed E-state index contributed by atoms with van der Waals surface area (Å²) in [6.45, 7) is 7.04. The third-order valence-corrected chi connectivity index (χ3v) is 6.13. The Morgan fingerprint density at radius 2 is 1.81 bits per heavy atom. The SMILES string of the molecule is Cc1cnc(Cl)nc1NC12CC3CC(C)(CC(C)(C3)C1)C2. The minimum absolute atomic E-state index is 0.214. The molecule has 1 aromatic heterocycles. The lowest BCUT2D eigenvalue weighted by molar-refractivity contribution is -0.0974. The van der Waals surface area contributed by atoms with Crippen molar-refractivity contribution in [1.82, 2.24) is 9.97 Å². The van der Waals surface area contributed by atoms with Crippen LogP contribution >= 0.6 is 11.6 Å². The van der Waals surface area contributed by atoms with Crippen LogP contribution in [0.1, 0.15) is 57.9 Å². The standard InChI is InChI=1S/C17H24ClN3/c1-11-7-19-14(18)20-13(11)21-17-6-12-4-15(2,9-17)8-16(3,5-12)10-17/h7,12H,4-6,8-10H2,1-3H3,(H,19,20,21). The first-order valence-electron chi connectivity index (χ1n) is 8.06. The summed E-state index contributed by atoms with van der Waals surface area (Å²) in [5.74, 6) is 1.81. The molecule has 0 aliphatic heterocycles. The van der Waals surface area contributed by atoms with E-state index in [9.17, 15) is 0 Å². The van der Waals surface area contributed by atoms with Crippen molar-refractivity contribution in [2.45, 2.75) is 64.8 Å². The third-order valence-electron chi connectivity index (χ3n) is 5.95. The second-order valence-corrected chi connectivity index (χ2v) is 9.04. The van der Waals surface area contributed by atoms with Crippen molar-refractivity contribution in [2.24, 2.45) is 16.7 Å². The highest BCUT2D eigenvalue weighted by molar-refractivity contribution is 6.28. The summed E-state index contributed by atoms with van der Waals surface area (Å²) in [6.07, 6.45) is 9.87. The highest BCUT2D eigenvalue weighted by Gasteiger charge is 2.60. The van der Waals surface area contributed by atoms with E-state index in [4.69, 9.17) is 11.6 Å². The van der Waals surface area contributed by atoms with Gasteiger partial charge in [-0.2, -0.15) is 0 Å². The number of nitrogens with zero attached hydrogens (tertiary/aromatic N) is 2. The molecule has 0 amide bonds. The number of rotatable bonds is 2. The maximum Gasteiger partial charge on any atom is 0.224 e. The molecule has 0 spiro atoms. The van der Waals surface area contributed by atoms with E-state index in [1.807, 2.05) is 6.20 Å². The number of hydrogen-bond donors (Lipinski definition) is 1. The lowest BCUT2D eigenvalue weighted by Gasteiger charge is -2.65. The summed E-state index contributed by atoms with van der Waals surface area (Å²) in [4.78, 5) is 8.51. The largest absolute Gasteiger partial charge is 0.364 e. The zero-order valence-electron chi connectivity index (χ0n) is 13.2. The average Bonchev–Trinajstić information content (AvgIpc) is 2.28. The first kappa shape index (κ1) is 13.8. The van der Waals surface area contributed by atoms with Gasteiger partial charge in [0.2, 0.25) is 5.28 Å². The van der Waals surface area contributed by atoms with Gasteiger partial charge in [0.15, 0.2) is 0 Å². The molecule has 3 nitrogen and oxygen atoms in total. The Balaban J connectivity index is 1.70. The number of hydrogen-bond acceptors (Lipinski definition) is 3. The minimum Gasteiger partial charge on any atom is -0.364 e. The molecule has 2 atom stereocenters. The van der Waals surface area contributed by atoms with E-state index < -0.39 is 0 Å². The lowest BCUT2D eigenvalue weighted by Crippen LogP contribution is -2.61. The van der Waals surface area contributed by atoms with Crippen molar-refractivity contribution in [3.63, 3.8) is 0 Å². The highest BCUT2D eigenvalue weighted by Crippen LogP contribution is 2.66. The van der Waals surface area contributed by atoms with Crippen LogP contribution in [0.5, 0.6) is 0 Å². The van der Waals surface area contributed by atoms with Crippen molar-refractivity contribution >= 4 is 17.4 Å². The van der Waals surface area contributed by atoms with Gasteiger partial charge in [0.05, 0.1) is 0 Å². The van der Waals surface area contributed by atoms with E-state index in [2.05, 4.69) is 36.1 Å². The van der Waals surface area contributed by atoms with Gasteiger partial charge < -0.3 is 5.32 Å². The summed E-state index contributed by atoms with van der Waals surface area (Å²) in [6, 6.07) is 0. The Morgan fingerprint density at radius 3 is 2.43 bits per heavy atom. The van der Waals surface area contributed by atoms with Crippen molar-refractivity contribution in [3.8, 4) is 0 Å². The van der Waals surface area contributed by atoms with Crippen molar-refractivity contribution in [1.29, 1.82) is 0 Å². The van der Waals surface area contributed by atoms with Crippen LogP contribution in [-0.2, 0) is 0 Å². The smallest absolute Gasteiger partial charge is 0.224 e. The molecule has 4 heteroatoms. The van der Waals surface area contributed by atoms with Gasteiger partial charge in [-0.15, -0.1) is 0 Å². The summed E-state index contributed by atoms with van der Waals surface area (Å²) in [5.41, 5.74) is 2.31. The van der Waals surface area contributed by atoms with Crippen molar-refractivity contribution < 1.29 is 0 Å². The molecule has 1 aromatic rings. The quantitative estimate of drug-likeness (QED) is 0.811. The summed E-state index contributed by atoms with van der Waals surface area (Å²) >= 11 is 6.00. The van der Waals surface area contributed by atoms with Crippen LogP contribution in [0.4, 0.5) is 5.82 Å². The number of aromatic nitrogens is 2. The number of nitrogens with one attached hydrogen (secondary N) is 1. The second-order valence-electron chi connectivity index (χ2n) is 8.71. The van der Waals surface area contributed by atoms with Crippen LogP contribution in [0.2, 0.25) is 5.28 Å². The molecular weight excluding hydrogens is 282 g/mol. The molecule has 4 aliphatic rings. The maximum absolute atomic E-state index is 6.00. The fraction of sp³-hybridized carbons (Fsp3) is 0.765. The predicted molar refractivity (Wildman–Crippen MR) is 85.5 cm³/mol. The molecule has 0 radical (unpaired) electrons. The van der Waals surface area contributed by atoms with Crippen LogP contribution in [0.15, 0.2) is 6.20 Å². The zero-order chi connectivity index (χ0) is 14.9. The number of aryl methyl sites for hydroxylation is 1. The molecule has 4 fully saturated rings. The van der Waals surface area contributed by atoms with Crippen molar-refractivity contribution in [3.05, 3.63) is 17.0 Å². The monoisotopic (exact) mass is 305 g/mol. The van der Waals surface area contributed by atoms with Gasteiger partial charge in [-0.25, -0.2) is 9.97 Å². The Morgan fingerprint density at radius 1 is 1.14 bits per heavy atom. The van der Waals surface area contributed by atoms with E-state index in [1.165, 1.54) is 38.5 Å². The molecule has 0 saturated heterocycles. The molecule has 5 rings (SSSR count). The van der Waals surface area contributed by atoms with Gasteiger partial charge >= 0.3 is 0 Å². The van der Waals surface area contributed by atoms with E-state index in [1.54, 1.807) is 0 Å². The van der Waals surface area contributed by atoms with E-state index >= 15 is 0 Å². The molecule has 1 heterocycles. The van der Waals surface area contributed by atoms with E-state index in [-0.39, 0.29) is 5.54 Å². The number of halogens is 1. The third kappa shape index (κ3) is 2.25. The van der Waals surface area contributed by atoms with Gasteiger partial charge in [0.25, 0.3) is 0 Å². The molecule has 1 N–H and O–H groups in total. The van der Waals surface area contributed by atoms with Crippen LogP contribution < -0.4 is 5.32 Å². The summed E-state index contributed by atoms with van der Waals surface area (Å²) in [7, 11) is 0. The van der Waals surface area contributed by atoms with Gasteiger partial charge in [0, 0.05) is 17.3 Å². The molecule has 4 saturated carbocycles. The molecule has 2 unspecified atom stereocenters. The Labute approximate surface area is 131 Å². The first-order chi connectivity index (χ1) is 9.79.